The van der Waals surface area contributed by atoms with Gasteiger partial charge in [0.1, 0.15) is 5.69 Å². The summed E-state index contributed by atoms with van der Waals surface area (Å²) in [6, 6.07) is 8.36. The second-order valence-corrected chi connectivity index (χ2v) is 10.2. The Hall–Kier alpha value is -2.97. The molecule has 4 heterocycles. The lowest BCUT2D eigenvalue weighted by molar-refractivity contribution is 0.0569. The number of amides is 2. The average molecular weight is 513 g/mol. The minimum Gasteiger partial charge on any atom is -0.331 e. The molecule has 0 saturated heterocycles. The number of benzene rings is 1. The summed E-state index contributed by atoms with van der Waals surface area (Å²) in [5, 5.41) is 14.0. The number of carbonyl (C=O) groups excluding carboxylic acids is 2. The Bertz CT molecular complexity index is 1320. The zero-order chi connectivity index (χ0) is 25.0. The molecule has 0 fully saturated rings. The number of halogens is 2. The summed E-state index contributed by atoms with van der Waals surface area (Å²) < 4.78 is 1.83. The smallest absolute Gasteiger partial charge is 0.273 e. The number of nitrogens with zero attached hydrogens (tertiary/aromatic N) is 6. The minimum absolute atomic E-state index is 0.0105. The molecule has 3 atom stereocenters. The van der Waals surface area contributed by atoms with Crippen LogP contribution in [0.3, 0.4) is 0 Å². The van der Waals surface area contributed by atoms with Crippen molar-refractivity contribution in [3.63, 3.8) is 0 Å². The highest BCUT2D eigenvalue weighted by Gasteiger charge is 2.40. The van der Waals surface area contributed by atoms with Crippen LogP contribution in [0.1, 0.15) is 76.3 Å². The maximum Gasteiger partial charge on any atom is 0.273 e. The Labute approximate surface area is 213 Å². The summed E-state index contributed by atoms with van der Waals surface area (Å²) in [7, 11) is 0. The van der Waals surface area contributed by atoms with Crippen LogP contribution in [0.15, 0.2) is 30.3 Å². The Morgan fingerprint density at radius 2 is 1.86 bits per heavy atom. The largest absolute Gasteiger partial charge is 0.331 e. The van der Waals surface area contributed by atoms with E-state index in [1.54, 1.807) is 23.1 Å². The summed E-state index contributed by atoms with van der Waals surface area (Å²) in [5.41, 5.74) is 4.25. The topological polar surface area (TPSA) is 84.2 Å². The van der Waals surface area contributed by atoms with Gasteiger partial charge in [-0.25, -0.2) is 0 Å². The number of fused-ring (bicyclic) bond motifs is 3. The molecule has 0 spiro atoms. The Balaban J connectivity index is 1.48. The van der Waals surface area contributed by atoms with E-state index in [-0.39, 0.29) is 29.9 Å². The van der Waals surface area contributed by atoms with Crippen LogP contribution in [0.4, 0.5) is 0 Å². The van der Waals surface area contributed by atoms with Gasteiger partial charge in [0.25, 0.3) is 11.8 Å². The molecule has 0 bridgehead atoms. The van der Waals surface area contributed by atoms with Crippen molar-refractivity contribution in [3.8, 4) is 0 Å². The first kappa shape index (κ1) is 23.8. The average Bonchev–Trinajstić information content (AvgIpc) is 3.21. The first-order valence-corrected chi connectivity index (χ1v) is 12.4. The molecule has 10 heteroatoms. The quantitative estimate of drug-likeness (QED) is 0.509. The molecule has 2 aromatic heterocycles. The second kappa shape index (κ2) is 8.91. The maximum absolute atomic E-state index is 13.8. The lowest BCUT2D eigenvalue weighted by atomic mass is 9.97. The highest BCUT2D eigenvalue weighted by atomic mass is 35.5. The van der Waals surface area contributed by atoms with Gasteiger partial charge in [0, 0.05) is 30.1 Å². The molecule has 0 N–H and O–H groups in total. The molecule has 2 aliphatic rings. The van der Waals surface area contributed by atoms with Gasteiger partial charge < -0.3 is 9.80 Å². The van der Waals surface area contributed by atoms with E-state index >= 15 is 0 Å². The van der Waals surface area contributed by atoms with Crippen LogP contribution in [0, 0.1) is 6.92 Å². The van der Waals surface area contributed by atoms with E-state index in [0.717, 1.165) is 22.6 Å². The van der Waals surface area contributed by atoms with E-state index in [9.17, 15) is 9.59 Å². The Morgan fingerprint density at radius 3 is 2.54 bits per heavy atom. The predicted octanol–water partition coefficient (Wildman–Crippen LogP) is 4.65. The molecular weight excluding hydrogens is 487 g/mol. The number of hydrogen-bond donors (Lipinski definition) is 0. The van der Waals surface area contributed by atoms with Crippen molar-refractivity contribution >= 4 is 35.0 Å². The highest BCUT2D eigenvalue weighted by molar-refractivity contribution is 6.42. The molecule has 2 aliphatic heterocycles. The van der Waals surface area contributed by atoms with Gasteiger partial charge in [0.2, 0.25) is 0 Å². The number of rotatable bonds is 3. The van der Waals surface area contributed by atoms with Gasteiger partial charge in [0.15, 0.2) is 0 Å². The fraction of sp³-hybridized carbons (Fsp3) is 0.400. The van der Waals surface area contributed by atoms with Gasteiger partial charge >= 0.3 is 0 Å². The van der Waals surface area contributed by atoms with E-state index < -0.39 is 0 Å². The van der Waals surface area contributed by atoms with Crippen LogP contribution in [0.25, 0.3) is 0 Å². The minimum atomic E-state index is -0.242. The molecular formula is C25H26Cl2N6O2. The summed E-state index contributed by atoms with van der Waals surface area (Å²) in [6.07, 6.45) is 0.571. The first-order chi connectivity index (χ1) is 16.7. The van der Waals surface area contributed by atoms with Crippen LogP contribution < -0.4 is 0 Å². The van der Waals surface area contributed by atoms with Gasteiger partial charge in [-0.1, -0.05) is 23.2 Å². The third-order valence-corrected chi connectivity index (χ3v) is 7.66. The zero-order valence-electron chi connectivity index (χ0n) is 20.0. The van der Waals surface area contributed by atoms with Crippen molar-refractivity contribution < 1.29 is 9.59 Å². The van der Waals surface area contributed by atoms with Crippen molar-refractivity contribution in [1.29, 1.82) is 0 Å². The summed E-state index contributed by atoms with van der Waals surface area (Å²) in [5.74, 6) is -0.263. The molecule has 3 aromatic rings. The lowest BCUT2D eigenvalue weighted by Gasteiger charge is -2.37. The Morgan fingerprint density at radius 1 is 1.09 bits per heavy atom. The monoisotopic (exact) mass is 512 g/mol. The second-order valence-electron chi connectivity index (χ2n) is 9.42. The van der Waals surface area contributed by atoms with Crippen molar-refractivity contribution in [1.82, 2.24) is 29.8 Å². The van der Waals surface area contributed by atoms with Crippen molar-refractivity contribution in [2.75, 3.05) is 6.54 Å². The lowest BCUT2D eigenvalue weighted by Crippen LogP contribution is -2.45. The summed E-state index contributed by atoms with van der Waals surface area (Å²) in [6.45, 7) is 8.71. The third-order valence-electron chi connectivity index (χ3n) is 6.92. The highest BCUT2D eigenvalue weighted by Crippen LogP contribution is 2.35. The number of carbonyl (C=O) groups is 2. The fourth-order valence-corrected chi connectivity index (χ4v) is 5.18. The molecule has 8 nitrogen and oxygen atoms in total. The molecule has 0 radical (unpaired) electrons. The standard InChI is InChI=1S/C25H26Cl2N6O2/c1-13-5-8-21(29-28-13)16(4)32-11-15(3)33-23(25(32)35)18-12-31(14(2)9-22(18)30-33)24(34)17-6-7-19(26)20(27)10-17/h5-8,10,14-16H,9,11-12H2,1-4H3/t14-,15-,16+/m1/s1. The third kappa shape index (κ3) is 4.08. The number of aromatic nitrogens is 4. The molecule has 0 aliphatic carbocycles. The van der Waals surface area contributed by atoms with Crippen molar-refractivity contribution in [2.24, 2.45) is 0 Å². The predicted molar refractivity (Wildman–Crippen MR) is 133 cm³/mol. The van der Waals surface area contributed by atoms with E-state index in [0.29, 0.717) is 40.8 Å². The molecule has 0 unspecified atom stereocenters. The molecule has 182 valence electrons. The number of aryl methyl sites for hydroxylation is 1. The fourth-order valence-electron chi connectivity index (χ4n) is 4.88. The van der Waals surface area contributed by atoms with Gasteiger partial charge in [0.05, 0.1) is 45.8 Å². The first-order valence-electron chi connectivity index (χ1n) is 11.6. The molecule has 2 amide bonds. The SMILES string of the molecule is Cc1ccc([C@H](C)N2C[C@@H](C)n3nc4c(c3C2=O)CN(C(=O)c2ccc(Cl)c(Cl)c2)[C@H](C)C4)nn1. The van der Waals surface area contributed by atoms with Crippen LogP contribution in [-0.2, 0) is 13.0 Å². The van der Waals surface area contributed by atoms with Crippen LogP contribution in [-0.4, -0.2) is 54.2 Å². The van der Waals surface area contributed by atoms with Crippen LogP contribution >= 0.6 is 23.2 Å². The van der Waals surface area contributed by atoms with E-state index in [2.05, 4.69) is 17.1 Å². The van der Waals surface area contributed by atoms with E-state index in [1.165, 1.54) is 0 Å². The van der Waals surface area contributed by atoms with Crippen molar-refractivity contribution in [3.05, 3.63) is 74.3 Å². The molecule has 5 rings (SSSR count). The number of hydrogen-bond acceptors (Lipinski definition) is 5. The van der Waals surface area contributed by atoms with Gasteiger partial charge in [-0.2, -0.15) is 15.3 Å². The molecule has 35 heavy (non-hydrogen) atoms. The van der Waals surface area contributed by atoms with Gasteiger partial charge in [-0.15, -0.1) is 0 Å². The van der Waals surface area contributed by atoms with E-state index in [4.69, 9.17) is 28.3 Å². The maximum atomic E-state index is 13.8. The van der Waals surface area contributed by atoms with E-state index in [1.807, 2.05) is 42.5 Å². The van der Waals surface area contributed by atoms with Crippen LogP contribution in [0.2, 0.25) is 10.0 Å². The summed E-state index contributed by atoms with van der Waals surface area (Å²) in [4.78, 5) is 30.8. The Kier molecular flexibility index (Phi) is 6.05. The van der Waals surface area contributed by atoms with Crippen LogP contribution in [0.5, 0.6) is 0 Å². The molecule has 0 saturated carbocycles. The van der Waals surface area contributed by atoms with Gasteiger partial charge in [-0.05, 0) is 58.0 Å². The van der Waals surface area contributed by atoms with Crippen molar-refractivity contribution in [2.45, 2.75) is 58.8 Å². The molecule has 1 aromatic carbocycles. The summed E-state index contributed by atoms with van der Waals surface area (Å²) >= 11 is 12.2. The van der Waals surface area contributed by atoms with Gasteiger partial charge in [-0.3, -0.25) is 14.3 Å². The normalized spacial score (nSPS) is 20.5. The zero-order valence-corrected chi connectivity index (χ0v) is 21.5.